The van der Waals surface area contributed by atoms with Crippen molar-refractivity contribution in [2.75, 3.05) is 37.8 Å². The Morgan fingerprint density at radius 2 is 1.85 bits per heavy atom. The molecule has 0 saturated carbocycles. The van der Waals surface area contributed by atoms with Crippen LogP contribution in [0.2, 0.25) is 0 Å². The number of benzene rings is 1. The highest BCUT2D eigenvalue weighted by Crippen LogP contribution is 2.22. The second kappa shape index (κ2) is 11.6. The smallest absolute Gasteiger partial charge is 0.270 e. The van der Waals surface area contributed by atoms with E-state index in [1.807, 2.05) is 11.2 Å². The quantitative estimate of drug-likeness (QED) is 0.465. The Kier molecular flexibility index (Phi) is 8.36. The van der Waals surface area contributed by atoms with Gasteiger partial charge in [-0.3, -0.25) is 19.2 Å². The van der Waals surface area contributed by atoms with Crippen LogP contribution in [0, 0.1) is 0 Å². The molecule has 10 heteroatoms. The van der Waals surface area contributed by atoms with Crippen LogP contribution < -0.4 is 15.4 Å². The van der Waals surface area contributed by atoms with E-state index in [-0.39, 0.29) is 23.9 Å². The number of piperidine rings is 1. The molecule has 2 aromatic rings. The van der Waals surface area contributed by atoms with Gasteiger partial charge in [0.15, 0.2) is 0 Å². The van der Waals surface area contributed by atoms with E-state index in [1.54, 1.807) is 24.9 Å². The van der Waals surface area contributed by atoms with Crippen LogP contribution in [-0.2, 0) is 17.9 Å². The normalized spacial score (nSPS) is 17.3. The molecular formula is C24H33N7O2S. The van der Waals surface area contributed by atoms with Gasteiger partial charge >= 0.3 is 0 Å². The molecule has 1 unspecified atom stereocenters. The van der Waals surface area contributed by atoms with E-state index in [9.17, 15) is 9.59 Å². The molecule has 2 aliphatic rings. The van der Waals surface area contributed by atoms with Crippen LogP contribution in [-0.4, -0.2) is 76.1 Å². The number of amides is 2. The van der Waals surface area contributed by atoms with E-state index in [4.69, 9.17) is 0 Å². The zero-order valence-corrected chi connectivity index (χ0v) is 20.6. The van der Waals surface area contributed by atoms with E-state index in [2.05, 4.69) is 54.5 Å². The van der Waals surface area contributed by atoms with E-state index >= 15 is 0 Å². The topological polar surface area (TPSA) is 102 Å². The largest absolute Gasteiger partial charge is 0.367 e. The number of hydrogen-bond acceptors (Lipinski definition) is 8. The maximum atomic E-state index is 12.8. The third-order valence-corrected chi connectivity index (χ3v) is 6.94. The molecule has 4 rings (SSSR count). The summed E-state index contributed by atoms with van der Waals surface area (Å²) in [5.74, 6) is 0.535. The lowest BCUT2D eigenvalue weighted by Gasteiger charge is -2.31. The average molecular weight is 484 g/mol. The van der Waals surface area contributed by atoms with Gasteiger partial charge in [-0.1, -0.05) is 36.2 Å². The van der Waals surface area contributed by atoms with Crippen molar-refractivity contribution in [2.24, 2.45) is 0 Å². The summed E-state index contributed by atoms with van der Waals surface area (Å²) >= 11 is 1.56. The molecule has 1 saturated heterocycles. The van der Waals surface area contributed by atoms with Gasteiger partial charge in [-0.15, -0.1) is 0 Å². The van der Waals surface area contributed by atoms with Crippen LogP contribution in [0.1, 0.15) is 41.4 Å². The summed E-state index contributed by atoms with van der Waals surface area (Å²) in [5, 5.41) is 6.41. The van der Waals surface area contributed by atoms with Gasteiger partial charge in [0.1, 0.15) is 17.8 Å². The monoisotopic (exact) mass is 483 g/mol. The molecule has 3 heterocycles. The Balaban J connectivity index is 1.27. The first-order valence-corrected chi connectivity index (χ1v) is 12.9. The summed E-state index contributed by atoms with van der Waals surface area (Å²) in [6.45, 7) is 6.28. The van der Waals surface area contributed by atoms with Crippen molar-refractivity contribution in [3.05, 3.63) is 53.5 Å². The molecule has 1 aromatic heterocycles. The number of anilines is 1. The molecule has 1 aromatic carbocycles. The highest BCUT2D eigenvalue weighted by Gasteiger charge is 2.23. The third-order valence-electron chi connectivity index (χ3n) is 6.37. The van der Waals surface area contributed by atoms with Crippen molar-refractivity contribution in [1.82, 2.24) is 29.8 Å². The molecule has 1 atom stereocenters. The molecule has 9 nitrogen and oxygen atoms in total. The highest BCUT2D eigenvalue weighted by molar-refractivity contribution is 7.96. The Bertz CT molecular complexity index is 972. The predicted octanol–water partition coefficient (Wildman–Crippen LogP) is 1.88. The SMILES string of the molecule is CSNC(CNC(=O)c1cc(NC2CCN(C(C)=O)CC2)ncn1)CN1Cc2ccccc2C1. The fourth-order valence-corrected chi connectivity index (χ4v) is 5.06. The molecule has 1 fully saturated rings. The van der Waals surface area contributed by atoms with Crippen molar-refractivity contribution in [2.45, 2.75) is 44.9 Å². The van der Waals surface area contributed by atoms with Crippen LogP contribution in [0.25, 0.3) is 0 Å². The summed E-state index contributed by atoms with van der Waals surface area (Å²) in [6.07, 6.45) is 5.12. The number of fused-ring (bicyclic) bond motifs is 1. The first-order valence-electron chi connectivity index (χ1n) is 11.7. The number of carbonyl (C=O) groups is 2. The number of nitrogens with zero attached hydrogens (tertiary/aromatic N) is 4. The zero-order valence-electron chi connectivity index (χ0n) is 19.8. The fraction of sp³-hybridized carbons (Fsp3) is 0.500. The second-order valence-electron chi connectivity index (χ2n) is 8.88. The van der Waals surface area contributed by atoms with E-state index in [0.717, 1.165) is 45.6 Å². The van der Waals surface area contributed by atoms with Crippen molar-refractivity contribution in [3.8, 4) is 0 Å². The van der Waals surface area contributed by atoms with E-state index in [0.29, 0.717) is 18.1 Å². The molecule has 34 heavy (non-hydrogen) atoms. The summed E-state index contributed by atoms with van der Waals surface area (Å²) in [7, 11) is 0. The van der Waals surface area contributed by atoms with Gasteiger partial charge in [-0.05, 0) is 30.2 Å². The Labute approximate surface area is 205 Å². The molecule has 0 bridgehead atoms. The summed E-state index contributed by atoms with van der Waals surface area (Å²) in [6, 6.07) is 10.6. The van der Waals surface area contributed by atoms with Gasteiger partial charge in [0.25, 0.3) is 5.91 Å². The van der Waals surface area contributed by atoms with Crippen molar-refractivity contribution >= 4 is 29.6 Å². The van der Waals surface area contributed by atoms with Crippen LogP contribution >= 0.6 is 11.9 Å². The molecule has 0 aliphatic carbocycles. The van der Waals surface area contributed by atoms with Gasteiger partial charge in [-0.25, -0.2) is 9.97 Å². The average Bonchev–Trinajstić information content (AvgIpc) is 3.25. The van der Waals surface area contributed by atoms with Gasteiger partial charge in [0, 0.05) is 64.3 Å². The molecule has 182 valence electrons. The van der Waals surface area contributed by atoms with Crippen LogP contribution in [0.3, 0.4) is 0 Å². The summed E-state index contributed by atoms with van der Waals surface area (Å²) < 4.78 is 3.41. The molecule has 2 aliphatic heterocycles. The first-order chi connectivity index (χ1) is 16.5. The van der Waals surface area contributed by atoms with Gasteiger partial charge < -0.3 is 15.5 Å². The molecule has 3 N–H and O–H groups in total. The fourth-order valence-electron chi connectivity index (χ4n) is 4.57. The van der Waals surface area contributed by atoms with Crippen LogP contribution in [0.15, 0.2) is 36.7 Å². The lowest BCUT2D eigenvalue weighted by molar-refractivity contribution is -0.129. The lowest BCUT2D eigenvalue weighted by Crippen LogP contribution is -2.44. The Morgan fingerprint density at radius 3 is 2.50 bits per heavy atom. The molecule has 0 radical (unpaired) electrons. The minimum absolute atomic E-state index is 0.110. The van der Waals surface area contributed by atoms with Crippen LogP contribution in [0.4, 0.5) is 5.82 Å². The highest BCUT2D eigenvalue weighted by atomic mass is 32.2. The van der Waals surface area contributed by atoms with Crippen molar-refractivity contribution in [3.63, 3.8) is 0 Å². The summed E-state index contributed by atoms with van der Waals surface area (Å²) in [4.78, 5) is 37.0. The predicted molar refractivity (Wildman–Crippen MR) is 134 cm³/mol. The van der Waals surface area contributed by atoms with E-state index in [1.165, 1.54) is 17.5 Å². The van der Waals surface area contributed by atoms with Crippen LogP contribution in [0.5, 0.6) is 0 Å². The molecule has 2 amide bonds. The second-order valence-corrected chi connectivity index (χ2v) is 9.52. The van der Waals surface area contributed by atoms with Gasteiger partial charge in [-0.2, -0.15) is 0 Å². The number of carbonyl (C=O) groups excluding carboxylic acids is 2. The minimum Gasteiger partial charge on any atom is -0.367 e. The third kappa shape index (κ3) is 6.46. The first kappa shape index (κ1) is 24.4. The lowest BCUT2D eigenvalue weighted by atomic mass is 10.1. The number of rotatable bonds is 9. The number of likely N-dealkylation sites (tertiary alicyclic amines) is 1. The number of aromatic nitrogens is 2. The minimum atomic E-state index is -0.213. The number of nitrogens with one attached hydrogen (secondary N) is 3. The molecule has 0 spiro atoms. The van der Waals surface area contributed by atoms with Gasteiger partial charge in [0.05, 0.1) is 0 Å². The standard InChI is InChI=1S/C24H33N7O2S/c1-17(32)31-9-7-20(8-10-31)28-23-11-22(26-16-27-23)24(33)25-12-21(29-34-2)15-30-13-18-5-3-4-6-19(18)14-30/h3-6,11,16,20-21,29H,7-10,12-15H2,1-2H3,(H,25,33)(H,26,27,28). The summed E-state index contributed by atoms with van der Waals surface area (Å²) in [5.41, 5.74) is 3.10. The van der Waals surface area contributed by atoms with Gasteiger partial charge in [0.2, 0.25) is 5.91 Å². The van der Waals surface area contributed by atoms with E-state index < -0.39 is 0 Å². The maximum absolute atomic E-state index is 12.8. The maximum Gasteiger partial charge on any atom is 0.270 e. The molecular weight excluding hydrogens is 450 g/mol. The Morgan fingerprint density at radius 1 is 1.15 bits per heavy atom. The Hall–Kier alpha value is -2.69. The zero-order chi connectivity index (χ0) is 23.9. The number of hydrogen-bond donors (Lipinski definition) is 3. The van der Waals surface area contributed by atoms with Crippen molar-refractivity contribution in [1.29, 1.82) is 0 Å². The van der Waals surface area contributed by atoms with Crippen molar-refractivity contribution < 1.29 is 9.59 Å².